The molecule has 132 valence electrons. The number of hydrogen-bond acceptors (Lipinski definition) is 6. The van der Waals surface area contributed by atoms with Crippen LogP contribution in [0.15, 0.2) is 28.8 Å². The van der Waals surface area contributed by atoms with Crippen molar-refractivity contribution in [2.24, 2.45) is 11.1 Å². The predicted octanol–water partition coefficient (Wildman–Crippen LogP) is 2.69. The number of nitrogens with one attached hydrogen (secondary N) is 1. The number of benzene rings is 1. The third kappa shape index (κ3) is 5.50. The predicted molar refractivity (Wildman–Crippen MR) is 93.1 cm³/mol. The molecule has 0 aliphatic carbocycles. The van der Waals surface area contributed by atoms with Crippen LogP contribution in [0, 0.1) is 12.3 Å². The second kappa shape index (κ2) is 8.12. The number of rotatable bonds is 5. The van der Waals surface area contributed by atoms with Gasteiger partial charge in [-0.2, -0.15) is 4.98 Å². The summed E-state index contributed by atoms with van der Waals surface area (Å²) < 4.78 is 10.4. The average molecular weight is 355 g/mol. The van der Waals surface area contributed by atoms with Crippen LogP contribution >= 0.6 is 12.4 Å². The molecule has 0 aliphatic rings. The summed E-state index contributed by atoms with van der Waals surface area (Å²) in [4.78, 5) is 16.1. The molecule has 1 aromatic carbocycles. The number of anilines is 1. The van der Waals surface area contributed by atoms with E-state index in [2.05, 4.69) is 15.5 Å². The zero-order valence-electron chi connectivity index (χ0n) is 14.2. The Bertz CT molecular complexity index is 665. The molecule has 0 unspecified atom stereocenters. The second-order valence-electron chi connectivity index (χ2n) is 6.38. The third-order valence-electron chi connectivity index (χ3n) is 3.27. The van der Waals surface area contributed by atoms with Gasteiger partial charge in [0.05, 0.1) is 6.04 Å². The number of halogens is 1. The molecule has 0 saturated carbocycles. The van der Waals surface area contributed by atoms with Crippen molar-refractivity contribution < 1.29 is 14.1 Å². The van der Waals surface area contributed by atoms with Crippen molar-refractivity contribution in [2.75, 3.05) is 5.32 Å². The summed E-state index contributed by atoms with van der Waals surface area (Å²) in [5, 5.41) is 6.54. The van der Waals surface area contributed by atoms with Gasteiger partial charge in [-0.05, 0) is 29.7 Å². The Morgan fingerprint density at radius 3 is 2.46 bits per heavy atom. The first-order valence-electron chi connectivity index (χ1n) is 7.34. The summed E-state index contributed by atoms with van der Waals surface area (Å²) in [6, 6.07) is 6.43. The third-order valence-corrected chi connectivity index (χ3v) is 3.27. The first-order valence-corrected chi connectivity index (χ1v) is 7.34. The van der Waals surface area contributed by atoms with Gasteiger partial charge in [-0.3, -0.25) is 4.79 Å². The van der Waals surface area contributed by atoms with Gasteiger partial charge in [0.15, 0.2) is 6.61 Å². The minimum absolute atomic E-state index is 0. The van der Waals surface area contributed by atoms with Crippen LogP contribution in [0.2, 0.25) is 0 Å². The van der Waals surface area contributed by atoms with E-state index in [1.165, 1.54) is 0 Å². The molecule has 24 heavy (non-hydrogen) atoms. The standard InChI is InChI=1S/C16H22N4O3.ClH/c1-10-18-13(20-23-10)9-22-12-7-5-11(6-8-12)19-15(21)14(17)16(2,3)4;/h5-8,14H,9,17H2,1-4H3,(H,19,21);1H/t14-;/m1./s1. The lowest BCUT2D eigenvalue weighted by atomic mass is 9.87. The van der Waals surface area contributed by atoms with E-state index < -0.39 is 6.04 Å². The second-order valence-corrected chi connectivity index (χ2v) is 6.38. The summed E-state index contributed by atoms with van der Waals surface area (Å²) >= 11 is 0. The minimum Gasteiger partial charge on any atom is -0.485 e. The Morgan fingerprint density at radius 2 is 1.96 bits per heavy atom. The molecule has 7 nitrogen and oxygen atoms in total. The fourth-order valence-corrected chi connectivity index (χ4v) is 1.80. The summed E-state index contributed by atoms with van der Waals surface area (Å²) in [6.07, 6.45) is 0. The van der Waals surface area contributed by atoms with E-state index in [1.54, 1.807) is 31.2 Å². The number of aryl methyl sites for hydroxylation is 1. The van der Waals surface area contributed by atoms with Gasteiger partial charge in [0.2, 0.25) is 17.6 Å². The van der Waals surface area contributed by atoms with Crippen LogP contribution in [-0.4, -0.2) is 22.1 Å². The molecule has 8 heteroatoms. The summed E-state index contributed by atoms with van der Waals surface area (Å²) in [6.45, 7) is 7.71. The van der Waals surface area contributed by atoms with Crippen molar-refractivity contribution in [1.29, 1.82) is 0 Å². The molecular formula is C16H23ClN4O3. The van der Waals surface area contributed by atoms with E-state index in [4.69, 9.17) is 15.0 Å². The number of carbonyl (C=O) groups is 1. The van der Waals surface area contributed by atoms with Crippen LogP contribution in [0.4, 0.5) is 5.69 Å². The Kier molecular flexibility index (Phi) is 6.74. The molecule has 0 aliphatic heterocycles. The largest absolute Gasteiger partial charge is 0.485 e. The summed E-state index contributed by atoms with van der Waals surface area (Å²) in [7, 11) is 0. The van der Waals surface area contributed by atoms with Gasteiger partial charge in [0.25, 0.3) is 0 Å². The smallest absolute Gasteiger partial charge is 0.241 e. The molecule has 2 aromatic rings. The number of amides is 1. The maximum atomic E-state index is 12.1. The molecule has 1 heterocycles. The lowest BCUT2D eigenvalue weighted by Gasteiger charge is -2.25. The van der Waals surface area contributed by atoms with Crippen molar-refractivity contribution in [3.63, 3.8) is 0 Å². The zero-order chi connectivity index (χ0) is 17.0. The van der Waals surface area contributed by atoms with Crippen LogP contribution in [-0.2, 0) is 11.4 Å². The van der Waals surface area contributed by atoms with Crippen LogP contribution in [0.1, 0.15) is 32.5 Å². The number of carbonyl (C=O) groups excluding carboxylic acids is 1. The Labute approximate surface area is 147 Å². The lowest BCUT2D eigenvalue weighted by molar-refractivity contribution is -0.119. The van der Waals surface area contributed by atoms with E-state index in [-0.39, 0.29) is 30.3 Å². The van der Waals surface area contributed by atoms with E-state index in [0.717, 1.165) is 0 Å². The summed E-state index contributed by atoms with van der Waals surface area (Å²) in [5.41, 5.74) is 6.30. The Balaban J connectivity index is 0.00000288. The quantitative estimate of drug-likeness (QED) is 0.855. The highest BCUT2D eigenvalue weighted by atomic mass is 35.5. The van der Waals surface area contributed by atoms with Crippen LogP contribution in [0.25, 0.3) is 0 Å². The Hall–Kier alpha value is -2.12. The SMILES string of the molecule is Cc1nc(COc2ccc(NC(=O)[C@@H](N)C(C)(C)C)cc2)no1.Cl. The fourth-order valence-electron chi connectivity index (χ4n) is 1.80. The average Bonchev–Trinajstić information content (AvgIpc) is 2.90. The molecule has 0 bridgehead atoms. The molecule has 3 N–H and O–H groups in total. The molecule has 1 aromatic heterocycles. The highest BCUT2D eigenvalue weighted by Gasteiger charge is 2.27. The number of hydrogen-bond donors (Lipinski definition) is 2. The van der Waals surface area contributed by atoms with Gasteiger partial charge < -0.3 is 20.3 Å². The van der Waals surface area contributed by atoms with Gasteiger partial charge in [0, 0.05) is 12.6 Å². The van der Waals surface area contributed by atoms with E-state index in [9.17, 15) is 4.79 Å². The maximum absolute atomic E-state index is 12.1. The molecule has 1 atom stereocenters. The van der Waals surface area contributed by atoms with Gasteiger partial charge >= 0.3 is 0 Å². The lowest BCUT2D eigenvalue weighted by Crippen LogP contribution is -2.45. The summed E-state index contributed by atoms with van der Waals surface area (Å²) in [5.74, 6) is 1.41. The van der Waals surface area contributed by atoms with Gasteiger partial charge in [-0.15, -0.1) is 12.4 Å². The highest BCUT2D eigenvalue weighted by molar-refractivity contribution is 5.95. The van der Waals surface area contributed by atoms with Crippen molar-refractivity contribution in [2.45, 2.75) is 40.3 Å². The molecular weight excluding hydrogens is 332 g/mol. The molecule has 0 saturated heterocycles. The molecule has 2 rings (SSSR count). The zero-order valence-corrected chi connectivity index (χ0v) is 15.0. The highest BCUT2D eigenvalue weighted by Crippen LogP contribution is 2.20. The number of ether oxygens (including phenoxy) is 1. The van der Waals surface area contributed by atoms with E-state index in [1.807, 2.05) is 20.8 Å². The number of aromatic nitrogens is 2. The molecule has 0 spiro atoms. The number of nitrogens with zero attached hydrogens (tertiary/aromatic N) is 2. The first-order chi connectivity index (χ1) is 10.8. The fraction of sp³-hybridized carbons (Fsp3) is 0.438. The van der Waals surface area contributed by atoms with Crippen molar-refractivity contribution >= 4 is 24.0 Å². The Morgan fingerprint density at radius 1 is 1.33 bits per heavy atom. The molecule has 1 amide bonds. The normalized spacial score (nSPS) is 12.2. The monoisotopic (exact) mass is 354 g/mol. The van der Waals surface area contributed by atoms with Crippen molar-refractivity contribution in [3.8, 4) is 5.75 Å². The van der Waals surface area contributed by atoms with Crippen molar-refractivity contribution in [1.82, 2.24) is 10.1 Å². The minimum atomic E-state index is -0.583. The molecule has 0 radical (unpaired) electrons. The van der Waals surface area contributed by atoms with Gasteiger partial charge in [0.1, 0.15) is 5.75 Å². The van der Waals surface area contributed by atoms with Crippen LogP contribution in [0.5, 0.6) is 5.75 Å². The van der Waals surface area contributed by atoms with E-state index in [0.29, 0.717) is 23.2 Å². The molecule has 0 fully saturated rings. The van der Waals surface area contributed by atoms with Gasteiger partial charge in [-0.25, -0.2) is 0 Å². The van der Waals surface area contributed by atoms with Crippen LogP contribution in [0.3, 0.4) is 0 Å². The number of nitrogens with two attached hydrogens (primary N) is 1. The van der Waals surface area contributed by atoms with E-state index >= 15 is 0 Å². The van der Waals surface area contributed by atoms with Crippen LogP contribution < -0.4 is 15.8 Å². The topological polar surface area (TPSA) is 103 Å². The first kappa shape index (κ1) is 19.9. The van der Waals surface area contributed by atoms with Crippen molar-refractivity contribution in [3.05, 3.63) is 36.0 Å². The van der Waals surface area contributed by atoms with Gasteiger partial charge in [-0.1, -0.05) is 25.9 Å². The maximum Gasteiger partial charge on any atom is 0.241 e.